The zero-order valence-electron chi connectivity index (χ0n) is 6.75. The van der Waals surface area contributed by atoms with Crippen LogP contribution in [0.4, 0.5) is 4.53 Å². The number of hydrogen-bond acceptors (Lipinski definition) is 6. The molecule has 7 heteroatoms. The van der Waals surface area contributed by atoms with Crippen LogP contribution in [0.3, 0.4) is 0 Å². The first-order valence-corrected chi connectivity index (χ1v) is 3.61. The van der Waals surface area contributed by atoms with E-state index in [4.69, 9.17) is 25.5 Å². The summed E-state index contributed by atoms with van der Waals surface area (Å²) in [6, 6.07) is 0. The molecule has 13 heavy (non-hydrogen) atoms. The summed E-state index contributed by atoms with van der Waals surface area (Å²) in [4.78, 5) is 3.02. The summed E-state index contributed by atoms with van der Waals surface area (Å²) in [5, 5.41) is 44.0. The van der Waals surface area contributed by atoms with E-state index >= 15 is 0 Å². The maximum atomic E-state index is 11.2. The molecule has 0 bridgehead atoms. The Bertz CT molecular complexity index is 134. The van der Waals surface area contributed by atoms with Crippen molar-refractivity contribution in [2.75, 3.05) is 13.2 Å². The predicted molar refractivity (Wildman–Crippen MR) is 38.2 cm³/mol. The van der Waals surface area contributed by atoms with Crippen LogP contribution < -0.4 is 0 Å². The normalized spacial score (nSPS) is 20.8. The molecule has 0 amide bonds. The molecule has 4 atom stereocenters. The van der Waals surface area contributed by atoms with E-state index < -0.39 is 37.6 Å². The van der Waals surface area contributed by atoms with Crippen molar-refractivity contribution in [2.45, 2.75) is 24.4 Å². The van der Waals surface area contributed by atoms with Crippen LogP contribution in [0.5, 0.6) is 0 Å². The zero-order chi connectivity index (χ0) is 10.4. The minimum absolute atomic E-state index is 0.776. The Balaban J connectivity index is 3.99. The van der Waals surface area contributed by atoms with Crippen LogP contribution in [0, 0.1) is 0 Å². The number of hydrogen-bond donors (Lipinski definition) is 5. The van der Waals surface area contributed by atoms with Crippen LogP contribution in [-0.2, 0) is 4.94 Å². The van der Waals surface area contributed by atoms with E-state index in [-0.39, 0.29) is 0 Å². The molecule has 80 valence electrons. The molecule has 0 aromatic heterocycles. The molecule has 0 fully saturated rings. The van der Waals surface area contributed by atoms with Gasteiger partial charge in [-0.05, 0) is 4.53 Å². The molecular weight excluding hydrogens is 187 g/mol. The summed E-state index contributed by atoms with van der Waals surface area (Å²) in [6.45, 7) is -1.60. The van der Waals surface area contributed by atoms with Crippen LogP contribution in [-0.4, -0.2) is 63.2 Å². The maximum Gasteiger partial charge on any atom is 0.116 e. The van der Waals surface area contributed by atoms with E-state index in [9.17, 15) is 4.53 Å². The summed E-state index contributed by atoms with van der Waals surface area (Å²) < 4.78 is 11.2. The summed E-state index contributed by atoms with van der Waals surface area (Å²) in [5.41, 5.74) is 0. The van der Waals surface area contributed by atoms with Crippen LogP contribution in [0.15, 0.2) is 0 Å². The van der Waals surface area contributed by atoms with Gasteiger partial charge in [0, 0.05) is 0 Å². The lowest BCUT2D eigenvalue weighted by atomic mass is 10.0. The van der Waals surface area contributed by atoms with Gasteiger partial charge in [0.15, 0.2) is 0 Å². The molecule has 0 saturated carbocycles. The fourth-order valence-electron chi connectivity index (χ4n) is 0.726. The molecule has 5 N–H and O–H groups in total. The molecule has 0 unspecified atom stereocenters. The Morgan fingerprint density at radius 3 is 1.85 bits per heavy atom. The lowest BCUT2D eigenvalue weighted by Gasteiger charge is -2.24. The van der Waals surface area contributed by atoms with E-state index in [1.54, 1.807) is 0 Å². The maximum absolute atomic E-state index is 11.2. The quantitative estimate of drug-likeness (QED) is 0.319. The molecule has 0 aliphatic rings. The first-order valence-electron chi connectivity index (χ1n) is 3.61. The van der Waals surface area contributed by atoms with Gasteiger partial charge >= 0.3 is 0 Å². The van der Waals surface area contributed by atoms with Crippen molar-refractivity contribution in [3.05, 3.63) is 0 Å². The standard InChI is InChI=1S/C6H13FO6/c7-13-2-4(10)6(12)5(11)3(9)1-8/h3-6,8-12H,1-2H2/t3-,4+,5-,6-/m1/s1. The summed E-state index contributed by atoms with van der Waals surface area (Å²) >= 11 is 0. The smallest absolute Gasteiger partial charge is 0.116 e. The molecule has 0 rings (SSSR count). The summed E-state index contributed by atoms with van der Waals surface area (Å²) in [7, 11) is 0. The number of halogens is 1. The Morgan fingerprint density at radius 2 is 1.46 bits per heavy atom. The first-order chi connectivity index (χ1) is 6.04. The van der Waals surface area contributed by atoms with Crippen molar-refractivity contribution in [2.24, 2.45) is 0 Å². The van der Waals surface area contributed by atoms with Crippen molar-refractivity contribution >= 4 is 0 Å². The first kappa shape index (κ1) is 12.7. The van der Waals surface area contributed by atoms with Crippen molar-refractivity contribution in [3.8, 4) is 0 Å². The molecular formula is C6H13FO6. The minimum atomic E-state index is -1.78. The highest BCUT2D eigenvalue weighted by molar-refractivity contribution is 4.79. The fraction of sp³-hybridized carbons (Fsp3) is 1.00. The Hall–Kier alpha value is -0.310. The largest absolute Gasteiger partial charge is 0.394 e. The van der Waals surface area contributed by atoms with Crippen molar-refractivity contribution in [3.63, 3.8) is 0 Å². The summed E-state index contributed by atoms with van der Waals surface area (Å²) in [6.07, 6.45) is -6.79. The number of aliphatic hydroxyl groups excluding tert-OH is 5. The van der Waals surface area contributed by atoms with Crippen molar-refractivity contribution in [1.29, 1.82) is 0 Å². The third-order valence-electron chi connectivity index (χ3n) is 1.56. The highest BCUT2D eigenvalue weighted by Crippen LogP contribution is 2.05. The molecule has 0 aromatic carbocycles. The van der Waals surface area contributed by atoms with E-state index in [2.05, 4.69) is 4.94 Å². The lowest BCUT2D eigenvalue weighted by molar-refractivity contribution is -0.189. The second-order valence-electron chi connectivity index (χ2n) is 2.57. The van der Waals surface area contributed by atoms with Crippen LogP contribution in [0.25, 0.3) is 0 Å². The van der Waals surface area contributed by atoms with Gasteiger partial charge in [-0.15, -0.1) is 0 Å². The molecule has 0 radical (unpaired) electrons. The molecule has 0 spiro atoms. The van der Waals surface area contributed by atoms with Gasteiger partial charge in [0.2, 0.25) is 0 Å². The van der Waals surface area contributed by atoms with E-state index in [1.165, 1.54) is 0 Å². The highest BCUT2D eigenvalue weighted by atomic mass is 19.3. The van der Waals surface area contributed by atoms with Gasteiger partial charge in [-0.1, -0.05) is 0 Å². The SMILES string of the molecule is OC[C@@H](O)[C@@H](O)[C@H](O)[C@@H](O)COF. The average molecular weight is 200 g/mol. The minimum Gasteiger partial charge on any atom is -0.394 e. The molecule has 0 heterocycles. The fourth-order valence-corrected chi connectivity index (χ4v) is 0.726. The number of rotatable bonds is 6. The van der Waals surface area contributed by atoms with Crippen molar-refractivity contribution < 1.29 is 35.0 Å². The average Bonchev–Trinajstić information content (AvgIpc) is 2.14. The Kier molecular flexibility index (Phi) is 6.04. The van der Waals surface area contributed by atoms with Gasteiger partial charge in [0.05, 0.1) is 6.61 Å². The summed E-state index contributed by atoms with van der Waals surface area (Å²) in [5.74, 6) is 0. The highest BCUT2D eigenvalue weighted by Gasteiger charge is 2.30. The van der Waals surface area contributed by atoms with Gasteiger partial charge < -0.3 is 25.5 Å². The van der Waals surface area contributed by atoms with Crippen LogP contribution >= 0.6 is 0 Å². The Morgan fingerprint density at radius 1 is 1.00 bits per heavy atom. The van der Waals surface area contributed by atoms with Gasteiger partial charge in [0.1, 0.15) is 31.0 Å². The molecule has 6 nitrogen and oxygen atoms in total. The zero-order valence-corrected chi connectivity index (χ0v) is 6.75. The predicted octanol–water partition coefficient (Wildman–Crippen LogP) is -2.68. The van der Waals surface area contributed by atoms with Gasteiger partial charge in [-0.2, -0.15) is 4.94 Å². The number of aliphatic hydroxyl groups is 5. The molecule has 0 saturated heterocycles. The van der Waals surface area contributed by atoms with Gasteiger partial charge in [-0.3, -0.25) is 0 Å². The monoisotopic (exact) mass is 200 g/mol. The second-order valence-corrected chi connectivity index (χ2v) is 2.57. The van der Waals surface area contributed by atoms with E-state index in [0.717, 1.165) is 0 Å². The van der Waals surface area contributed by atoms with E-state index in [1.807, 2.05) is 0 Å². The van der Waals surface area contributed by atoms with Crippen molar-refractivity contribution in [1.82, 2.24) is 0 Å². The third kappa shape index (κ3) is 3.94. The van der Waals surface area contributed by atoms with Crippen LogP contribution in [0.2, 0.25) is 0 Å². The van der Waals surface area contributed by atoms with Gasteiger partial charge in [0.25, 0.3) is 0 Å². The third-order valence-corrected chi connectivity index (χ3v) is 1.56. The second kappa shape index (κ2) is 6.19. The Labute approximate surface area is 73.7 Å². The molecule has 0 aliphatic heterocycles. The molecule has 0 aliphatic carbocycles. The van der Waals surface area contributed by atoms with Crippen LogP contribution in [0.1, 0.15) is 0 Å². The van der Waals surface area contributed by atoms with E-state index in [0.29, 0.717) is 0 Å². The molecule has 0 aromatic rings. The topological polar surface area (TPSA) is 110 Å². The lowest BCUT2D eigenvalue weighted by Crippen LogP contribution is -2.47. The van der Waals surface area contributed by atoms with Gasteiger partial charge in [-0.25, -0.2) is 0 Å².